The number of phenolic OH excluding ortho intramolecular Hbond substituents is 2. The molecule has 0 radical (unpaired) electrons. The van der Waals surface area contributed by atoms with E-state index in [0.717, 1.165) is 38.5 Å². The number of hydrogen-bond acceptors (Lipinski definition) is 9. The molecule has 2 rings (SSSR count). The van der Waals surface area contributed by atoms with Gasteiger partial charge >= 0.3 is 79.4 Å². The van der Waals surface area contributed by atoms with E-state index in [9.17, 15) is 40.9 Å². The van der Waals surface area contributed by atoms with Crippen molar-refractivity contribution in [1.29, 1.82) is 0 Å². The molecular formula is C15H16Na2O11S2. The second-order valence-electron chi connectivity index (χ2n) is 5.27. The minimum absolute atomic E-state index is 0. The number of aromatic hydroxyl groups is 2. The van der Waals surface area contributed by atoms with Crippen LogP contribution in [0.25, 0.3) is 0 Å². The summed E-state index contributed by atoms with van der Waals surface area (Å²) >= 11 is 0. The fraction of sp³-hybridized carbons (Fsp3) is 0.133. The Morgan fingerprint density at radius 3 is 1.30 bits per heavy atom. The summed E-state index contributed by atoms with van der Waals surface area (Å²) in [6.07, 6.45) is 0. The Hall–Kier alpha value is -0.870. The summed E-state index contributed by atoms with van der Waals surface area (Å²) in [5.41, 5.74) is -1.40. The summed E-state index contributed by atoms with van der Waals surface area (Å²) < 4.78 is 74.0. The molecule has 4 N–H and O–H groups in total. The second kappa shape index (κ2) is 10.6. The smallest absolute Gasteiger partial charge is 1.00 e. The normalized spacial score (nSPS) is 11.1. The number of methoxy groups -OCH3 is 2. The molecule has 0 spiro atoms. The van der Waals surface area contributed by atoms with Crippen LogP contribution in [0.1, 0.15) is 18.8 Å². The van der Waals surface area contributed by atoms with Crippen molar-refractivity contribution >= 4 is 26.0 Å². The molecule has 2 aromatic carbocycles. The molecule has 30 heavy (non-hydrogen) atoms. The van der Waals surface area contributed by atoms with Crippen molar-refractivity contribution < 1.29 is 112 Å². The molecule has 0 aromatic heterocycles. The first-order chi connectivity index (χ1) is 12.8. The van der Waals surface area contributed by atoms with Gasteiger partial charge in [-0.2, -0.15) is 16.8 Å². The summed E-state index contributed by atoms with van der Waals surface area (Å²) in [6, 6.07) is 3.78. The molecule has 0 aliphatic rings. The van der Waals surface area contributed by atoms with Crippen LogP contribution in [0.3, 0.4) is 0 Å². The van der Waals surface area contributed by atoms with Gasteiger partial charge in [0.05, 0.1) is 25.3 Å². The topological polar surface area (TPSA) is 185 Å². The average Bonchev–Trinajstić information content (AvgIpc) is 2.58. The predicted molar refractivity (Wildman–Crippen MR) is 94.6 cm³/mol. The number of ketones is 1. The van der Waals surface area contributed by atoms with Crippen LogP contribution in [0.15, 0.2) is 34.1 Å². The minimum Gasteiger partial charge on any atom is -1.00 e. The zero-order valence-electron chi connectivity index (χ0n) is 18.3. The standard InChI is InChI=1S/C15H14O11S2.2Na.2H/c1-25-9-5-3-7(12(17)14(9)27(19,20)21)11(16)8-4-6-10(26-2)15(13(8)18)28(22,23)24;;;;/h3-6,17-18H,1-2H3,(H,19,20,21)(H,22,23,24);;;;/q;2*+1;2*-1. The van der Waals surface area contributed by atoms with Gasteiger partial charge < -0.3 is 22.5 Å². The van der Waals surface area contributed by atoms with Crippen LogP contribution in [0.4, 0.5) is 0 Å². The maximum atomic E-state index is 12.7. The van der Waals surface area contributed by atoms with Gasteiger partial charge in [-0.25, -0.2) is 0 Å². The molecule has 156 valence electrons. The van der Waals surface area contributed by atoms with Crippen molar-refractivity contribution in [2.75, 3.05) is 14.2 Å². The molecule has 0 saturated heterocycles. The van der Waals surface area contributed by atoms with Gasteiger partial charge in [0, 0.05) is 0 Å². The van der Waals surface area contributed by atoms with E-state index < -0.39 is 69.9 Å². The van der Waals surface area contributed by atoms with E-state index in [2.05, 4.69) is 0 Å². The SMILES string of the molecule is COc1ccc(C(=O)c2ccc(OC)c(S(=O)(=O)O)c2O)c(O)c1S(=O)(=O)O.[H-].[H-].[Na+].[Na+]. The summed E-state index contributed by atoms with van der Waals surface area (Å²) in [7, 11) is -7.92. The number of rotatable bonds is 6. The third kappa shape index (κ3) is 5.68. The third-order valence-electron chi connectivity index (χ3n) is 3.64. The molecule has 0 aliphatic carbocycles. The minimum atomic E-state index is -5.01. The first kappa shape index (κ1) is 29.1. The fourth-order valence-electron chi connectivity index (χ4n) is 2.44. The summed E-state index contributed by atoms with van der Waals surface area (Å²) in [6.45, 7) is 0. The van der Waals surface area contributed by atoms with Crippen molar-refractivity contribution in [1.82, 2.24) is 0 Å². The van der Waals surface area contributed by atoms with Crippen LogP contribution in [-0.4, -0.2) is 56.2 Å². The predicted octanol–water partition coefficient (Wildman–Crippen LogP) is -4.93. The molecule has 0 aliphatic heterocycles. The monoisotopic (exact) mass is 482 g/mol. The van der Waals surface area contributed by atoms with E-state index in [1.165, 1.54) is 0 Å². The molecule has 0 heterocycles. The van der Waals surface area contributed by atoms with Gasteiger partial charge in [-0.1, -0.05) is 0 Å². The largest absolute Gasteiger partial charge is 1.00 e. The van der Waals surface area contributed by atoms with Crippen molar-refractivity contribution in [3.05, 3.63) is 35.4 Å². The number of carbonyl (C=O) groups is 1. The van der Waals surface area contributed by atoms with E-state index >= 15 is 0 Å². The maximum Gasteiger partial charge on any atom is 1.00 e. The van der Waals surface area contributed by atoms with E-state index in [1.54, 1.807) is 0 Å². The van der Waals surface area contributed by atoms with Crippen LogP contribution in [-0.2, 0) is 20.2 Å². The van der Waals surface area contributed by atoms with E-state index in [1.807, 2.05) is 0 Å². The zero-order chi connectivity index (χ0) is 21.4. The summed E-state index contributed by atoms with van der Waals surface area (Å²) in [5.74, 6) is -4.51. The molecule has 0 saturated carbocycles. The number of hydrogen-bond donors (Lipinski definition) is 4. The van der Waals surface area contributed by atoms with Gasteiger partial charge in [-0.05, 0) is 24.3 Å². The van der Waals surface area contributed by atoms with E-state index in [-0.39, 0.29) is 62.0 Å². The van der Waals surface area contributed by atoms with Crippen molar-refractivity contribution in [3.8, 4) is 23.0 Å². The molecule has 15 heteroatoms. The van der Waals surface area contributed by atoms with Crippen molar-refractivity contribution in [3.63, 3.8) is 0 Å². The zero-order valence-corrected chi connectivity index (χ0v) is 21.9. The molecule has 0 atom stereocenters. The number of phenols is 2. The Bertz CT molecular complexity index is 1090. The molecule has 0 amide bonds. The molecule has 2 aromatic rings. The van der Waals surface area contributed by atoms with Gasteiger partial charge in [0.1, 0.15) is 11.5 Å². The molecule has 0 unspecified atom stereocenters. The fourth-order valence-corrected chi connectivity index (χ4v) is 3.96. The molecule has 0 bridgehead atoms. The number of ether oxygens (including phenoxy) is 2. The Morgan fingerprint density at radius 1 is 0.767 bits per heavy atom. The van der Waals surface area contributed by atoms with Crippen LogP contribution in [0.2, 0.25) is 0 Å². The van der Waals surface area contributed by atoms with Crippen LogP contribution >= 0.6 is 0 Å². The number of benzene rings is 2. The first-order valence-corrected chi connectivity index (χ1v) is 10.0. The Morgan fingerprint density at radius 2 is 1.07 bits per heavy atom. The average molecular weight is 482 g/mol. The van der Waals surface area contributed by atoms with E-state index in [0.29, 0.717) is 0 Å². The summed E-state index contributed by atoms with van der Waals surface area (Å²) in [4.78, 5) is 10.5. The Kier molecular flexibility index (Phi) is 10.3. The van der Waals surface area contributed by atoms with Crippen LogP contribution in [0, 0.1) is 0 Å². The Balaban J connectivity index is -0.00000210. The van der Waals surface area contributed by atoms with Gasteiger partial charge in [-0.3, -0.25) is 13.9 Å². The number of carbonyl (C=O) groups excluding carboxylic acids is 1. The first-order valence-electron chi connectivity index (χ1n) is 7.14. The van der Waals surface area contributed by atoms with Gasteiger partial charge in [0.15, 0.2) is 21.3 Å². The second-order valence-corrected chi connectivity index (χ2v) is 7.98. The van der Waals surface area contributed by atoms with Crippen LogP contribution < -0.4 is 68.6 Å². The summed E-state index contributed by atoms with van der Waals surface area (Å²) in [5, 5.41) is 20.3. The van der Waals surface area contributed by atoms with Crippen molar-refractivity contribution in [2.24, 2.45) is 0 Å². The molecule has 0 fully saturated rings. The molecular weight excluding hydrogens is 466 g/mol. The van der Waals surface area contributed by atoms with Crippen LogP contribution in [0.5, 0.6) is 23.0 Å². The maximum absolute atomic E-state index is 12.7. The van der Waals surface area contributed by atoms with Gasteiger partial charge in [0.2, 0.25) is 5.78 Å². The van der Waals surface area contributed by atoms with Gasteiger partial charge in [-0.15, -0.1) is 0 Å². The Labute approximate surface area is 219 Å². The van der Waals surface area contributed by atoms with Gasteiger partial charge in [0.25, 0.3) is 0 Å². The van der Waals surface area contributed by atoms with Crippen molar-refractivity contribution in [2.45, 2.75) is 9.79 Å². The quantitative estimate of drug-likeness (QED) is 0.176. The third-order valence-corrected chi connectivity index (χ3v) is 5.46. The van der Waals surface area contributed by atoms with E-state index in [4.69, 9.17) is 9.47 Å². The molecule has 11 nitrogen and oxygen atoms in total.